The van der Waals surface area contributed by atoms with Crippen molar-refractivity contribution < 1.29 is 9.53 Å². The number of anilines is 2. The molecule has 4 rings (SSSR count). The van der Waals surface area contributed by atoms with E-state index in [4.69, 9.17) is 16.3 Å². The van der Waals surface area contributed by atoms with Crippen molar-refractivity contribution in [1.82, 2.24) is 5.32 Å². The van der Waals surface area contributed by atoms with E-state index in [1.807, 2.05) is 24.3 Å². The maximum absolute atomic E-state index is 12.1. The van der Waals surface area contributed by atoms with Gasteiger partial charge < -0.3 is 20.7 Å². The van der Waals surface area contributed by atoms with Gasteiger partial charge in [-0.2, -0.15) is 0 Å². The number of rotatable bonds is 4. The van der Waals surface area contributed by atoms with Crippen LogP contribution in [0.4, 0.5) is 16.2 Å². The zero-order valence-corrected chi connectivity index (χ0v) is 15.3. The van der Waals surface area contributed by atoms with Crippen LogP contribution >= 0.6 is 11.6 Å². The van der Waals surface area contributed by atoms with Crippen molar-refractivity contribution >= 4 is 29.0 Å². The van der Waals surface area contributed by atoms with Gasteiger partial charge in [0.1, 0.15) is 0 Å². The summed E-state index contributed by atoms with van der Waals surface area (Å²) >= 11 is 5.84. The van der Waals surface area contributed by atoms with Crippen molar-refractivity contribution in [2.45, 2.75) is 25.0 Å². The van der Waals surface area contributed by atoms with E-state index in [0.29, 0.717) is 22.7 Å². The Morgan fingerprint density at radius 3 is 2.27 bits per heavy atom. The molecule has 2 aromatic rings. The van der Waals surface area contributed by atoms with Crippen LogP contribution in [0.25, 0.3) is 0 Å². The molecule has 0 saturated carbocycles. The fourth-order valence-corrected chi connectivity index (χ4v) is 3.93. The number of carbonyl (C=O) groups excluding carboxylic acids is 1. The summed E-state index contributed by atoms with van der Waals surface area (Å²) < 4.78 is 6.07. The van der Waals surface area contributed by atoms with Crippen molar-refractivity contribution in [2.24, 2.45) is 5.92 Å². The number of benzene rings is 2. The number of ether oxygens (including phenoxy) is 1. The van der Waals surface area contributed by atoms with E-state index in [9.17, 15) is 4.79 Å². The molecule has 2 bridgehead atoms. The van der Waals surface area contributed by atoms with Gasteiger partial charge in [-0.25, -0.2) is 4.79 Å². The van der Waals surface area contributed by atoms with Gasteiger partial charge in [0, 0.05) is 41.3 Å². The molecule has 26 heavy (non-hydrogen) atoms. The lowest BCUT2D eigenvalue weighted by Crippen LogP contribution is -2.41. The molecule has 136 valence electrons. The summed E-state index contributed by atoms with van der Waals surface area (Å²) in [4.78, 5) is 12.1. The number of urea groups is 1. The lowest BCUT2D eigenvalue weighted by molar-refractivity contribution is -0.0189. The molecule has 2 aliphatic rings. The lowest BCUT2D eigenvalue weighted by Gasteiger charge is -2.29. The Kier molecular flexibility index (Phi) is 4.61. The third-order valence-corrected chi connectivity index (χ3v) is 5.72. The summed E-state index contributed by atoms with van der Waals surface area (Å²) in [6.45, 7) is 3.96. The molecule has 0 aliphatic carbocycles. The van der Waals surface area contributed by atoms with Crippen molar-refractivity contribution in [3.63, 3.8) is 0 Å². The topological polar surface area (TPSA) is 62.4 Å². The molecule has 2 heterocycles. The van der Waals surface area contributed by atoms with Crippen LogP contribution in [0, 0.1) is 5.92 Å². The number of carbonyl (C=O) groups is 1. The van der Waals surface area contributed by atoms with E-state index in [1.165, 1.54) is 5.56 Å². The number of nitrogens with one attached hydrogen (secondary N) is 3. The second kappa shape index (κ2) is 6.91. The van der Waals surface area contributed by atoms with E-state index in [2.05, 4.69) is 22.9 Å². The number of hydrogen-bond donors (Lipinski definition) is 3. The van der Waals surface area contributed by atoms with E-state index in [1.54, 1.807) is 24.3 Å². The molecule has 2 amide bonds. The van der Waals surface area contributed by atoms with Crippen LogP contribution in [-0.4, -0.2) is 30.8 Å². The Morgan fingerprint density at radius 2 is 1.77 bits per heavy atom. The molecular weight excluding hydrogens is 350 g/mol. The predicted octanol–water partition coefficient (Wildman–Crippen LogP) is 3.90. The quantitative estimate of drug-likeness (QED) is 0.763. The van der Waals surface area contributed by atoms with Gasteiger partial charge in [0.2, 0.25) is 0 Å². The first-order chi connectivity index (χ1) is 12.5. The van der Waals surface area contributed by atoms with Gasteiger partial charge in [-0.3, -0.25) is 0 Å². The largest absolute Gasteiger partial charge is 0.371 e. The summed E-state index contributed by atoms with van der Waals surface area (Å²) in [5.74, 6) is 0.519. The summed E-state index contributed by atoms with van der Waals surface area (Å²) in [5, 5.41) is 9.79. The molecule has 3 atom stereocenters. The van der Waals surface area contributed by atoms with E-state index < -0.39 is 0 Å². The second-order valence-corrected chi connectivity index (χ2v) is 7.55. The van der Waals surface area contributed by atoms with Gasteiger partial charge in [0.15, 0.2) is 0 Å². The van der Waals surface area contributed by atoms with Gasteiger partial charge in [-0.05, 0) is 42.0 Å². The molecule has 0 spiro atoms. The zero-order chi connectivity index (χ0) is 18.1. The van der Waals surface area contributed by atoms with Gasteiger partial charge in [0.25, 0.3) is 0 Å². The van der Waals surface area contributed by atoms with Crippen molar-refractivity contribution in [3.8, 4) is 0 Å². The number of hydrogen-bond acceptors (Lipinski definition) is 3. The molecule has 0 unspecified atom stereocenters. The van der Waals surface area contributed by atoms with Gasteiger partial charge in [-0.15, -0.1) is 0 Å². The Bertz CT molecular complexity index is 784. The third-order valence-electron chi connectivity index (χ3n) is 5.46. The first kappa shape index (κ1) is 17.3. The Labute approximate surface area is 158 Å². The Morgan fingerprint density at radius 1 is 1.15 bits per heavy atom. The number of halogens is 1. The molecule has 3 N–H and O–H groups in total. The highest BCUT2D eigenvalue weighted by molar-refractivity contribution is 6.30. The summed E-state index contributed by atoms with van der Waals surface area (Å²) in [6, 6.07) is 15.1. The monoisotopic (exact) mass is 371 g/mol. The highest BCUT2D eigenvalue weighted by atomic mass is 35.5. The van der Waals surface area contributed by atoms with Crippen LogP contribution in [0.2, 0.25) is 5.02 Å². The van der Waals surface area contributed by atoms with Crippen LogP contribution in [-0.2, 0) is 11.2 Å². The summed E-state index contributed by atoms with van der Waals surface area (Å²) in [5.41, 5.74) is 2.56. The van der Waals surface area contributed by atoms with Crippen LogP contribution in [0.3, 0.4) is 0 Å². The number of amides is 2. The van der Waals surface area contributed by atoms with Crippen LogP contribution in [0.1, 0.15) is 12.5 Å². The Hall–Kier alpha value is -2.08. The first-order valence-corrected chi connectivity index (χ1v) is 9.22. The average molecular weight is 372 g/mol. The molecular formula is C20H22ClN3O2. The van der Waals surface area contributed by atoms with Gasteiger partial charge in [-0.1, -0.05) is 30.7 Å². The van der Waals surface area contributed by atoms with Crippen LogP contribution < -0.4 is 16.0 Å². The first-order valence-electron chi connectivity index (χ1n) is 8.84. The number of morpholine rings is 1. The van der Waals surface area contributed by atoms with E-state index >= 15 is 0 Å². The molecule has 2 aromatic carbocycles. The van der Waals surface area contributed by atoms with Gasteiger partial charge in [0.05, 0.1) is 12.2 Å². The second-order valence-electron chi connectivity index (χ2n) is 7.11. The fourth-order valence-electron chi connectivity index (χ4n) is 3.80. The standard InChI is InChI=1S/C20H22ClN3O2/c1-13-18-11-26-20(13,12-22-18)10-14-2-6-16(7-3-14)23-19(25)24-17-8-4-15(21)5-9-17/h2-9,13,18,22H,10-12H2,1H3,(H2,23,24,25)/t13-,18-,20-/m1/s1. The normalized spacial score (nSPS) is 26.7. The summed E-state index contributed by atoms with van der Waals surface area (Å²) in [6.07, 6.45) is 0.884. The van der Waals surface area contributed by atoms with Crippen molar-refractivity contribution in [1.29, 1.82) is 0 Å². The maximum Gasteiger partial charge on any atom is 0.323 e. The number of fused-ring (bicyclic) bond motifs is 2. The minimum absolute atomic E-state index is 0.0917. The van der Waals surface area contributed by atoms with Crippen LogP contribution in [0.5, 0.6) is 0 Å². The highest BCUT2D eigenvalue weighted by Gasteiger charge is 2.52. The summed E-state index contributed by atoms with van der Waals surface area (Å²) in [7, 11) is 0. The van der Waals surface area contributed by atoms with Crippen LogP contribution in [0.15, 0.2) is 48.5 Å². The van der Waals surface area contributed by atoms with E-state index in [-0.39, 0.29) is 11.6 Å². The fraction of sp³-hybridized carbons (Fsp3) is 0.350. The third kappa shape index (κ3) is 3.43. The zero-order valence-electron chi connectivity index (χ0n) is 14.6. The lowest BCUT2D eigenvalue weighted by atomic mass is 9.85. The average Bonchev–Trinajstić information content (AvgIpc) is 3.10. The molecule has 0 aromatic heterocycles. The van der Waals surface area contributed by atoms with E-state index in [0.717, 1.165) is 25.3 Å². The molecule has 2 aliphatic heterocycles. The molecule has 2 saturated heterocycles. The highest BCUT2D eigenvalue weighted by Crippen LogP contribution is 2.39. The van der Waals surface area contributed by atoms with Crippen molar-refractivity contribution in [3.05, 3.63) is 59.1 Å². The molecule has 5 nitrogen and oxygen atoms in total. The minimum atomic E-state index is -0.283. The Balaban J connectivity index is 1.35. The molecule has 0 radical (unpaired) electrons. The van der Waals surface area contributed by atoms with Gasteiger partial charge >= 0.3 is 6.03 Å². The van der Waals surface area contributed by atoms with Crippen molar-refractivity contribution in [2.75, 3.05) is 23.8 Å². The minimum Gasteiger partial charge on any atom is -0.371 e. The molecule has 6 heteroatoms. The molecule has 2 fully saturated rings. The SMILES string of the molecule is C[C@@H]1[C@H]2CO[C@]1(Cc1ccc(NC(=O)Nc3ccc(Cl)cc3)cc1)CN2. The smallest absolute Gasteiger partial charge is 0.323 e. The maximum atomic E-state index is 12.1. The predicted molar refractivity (Wildman–Crippen MR) is 104 cm³/mol.